The first-order valence-electron chi connectivity index (χ1n) is 11.8. The molecule has 1 aromatic heterocycles. The van der Waals surface area contributed by atoms with Gasteiger partial charge < -0.3 is 14.8 Å². The molecule has 6 nitrogen and oxygen atoms in total. The summed E-state index contributed by atoms with van der Waals surface area (Å²) < 4.78 is 11.4. The summed E-state index contributed by atoms with van der Waals surface area (Å²) in [5.74, 6) is 1.16. The number of benzene rings is 1. The molecule has 0 saturated carbocycles. The van der Waals surface area contributed by atoms with Gasteiger partial charge in [0.05, 0.1) is 12.6 Å². The van der Waals surface area contributed by atoms with E-state index in [1.165, 1.54) is 11.1 Å². The standard InChI is InChI=1S/C26H33N3O3/c1-4-31-23-8-6-19(15-27-23)18-5-7-21-20(13-18)14-26(2,3)24(21)28-25(30)32-22-16-29-11-9-17(22)10-12-29/h5-8,13,15,17,22,24H,4,9-12,14,16H2,1-3H3,(H,28,30)/t22-,24?/m1/s1. The van der Waals surface area contributed by atoms with Crippen molar-refractivity contribution < 1.29 is 14.3 Å². The van der Waals surface area contributed by atoms with E-state index in [2.05, 4.69) is 47.2 Å². The monoisotopic (exact) mass is 435 g/mol. The topological polar surface area (TPSA) is 63.7 Å². The van der Waals surface area contributed by atoms with Crippen LogP contribution in [-0.4, -0.2) is 48.3 Å². The number of fused-ring (bicyclic) bond motifs is 4. The van der Waals surface area contributed by atoms with Crippen LogP contribution < -0.4 is 10.1 Å². The first-order valence-corrected chi connectivity index (χ1v) is 11.8. The smallest absolute Gasteiger partial charge is 0.407 e. The molecule has 0 radical (unpaired) electrons. The second-order valence-corrected chi connectivity index (χ2v) is 10.1. The zero-order chi connectivity index (χ0) is 22.3. The SMILES string of the molecule is CCOc1ccc(-c2ccc3c(c2)CC(C)(C)C3NC(=O)O[C@@H]2CN3CCC2CC3)cn1. The number of alkyl carbamates (subject to hydrolysis) is 1. The minimum absolute atomic E-state index is 0.0241. The fourth-order valence-electron chi connectivity index (χ4n) is 5.63. The van der Waals surface area contributed by atoms with Gasteiger partial charge in [-0.15, -0.1) is 0 Å². The maximum atomic E-state index is 12.8. The molecular formula is C26H33N3O3. The summed E-state index contributed by atoms with van der Waals surface area (Å²) in [4.78, 5) is 19.6. The van der Waals surface area contributed by atoms with Crippen molar-refractivity contribution in [3.63, 3.8) is 0 Å². The predicted octanol–water partition coefficient (Wildman–Crippen LogP) is 4.59. The molecule has 170 valence electrons. The van der Waals surface area contributed by atoms with Gasteiger partial charge >= 0.3 is 6.09 Å². The average Bonchev–Trinajstić information content (AvgIpc) is 3.04. The van der Waals surface area contributed by atoms with Crippen LogP contribution in [0.1, 0.15) is 50.8 Å². The summed E-state index contributed by atoms with van der Waals surface area (Å²) in [5.41, 5.74) is 4.57. The van der Waals surface area contributed by atoms with E-state index in [1.807, 2.05) is 25.3 Å². The molecular weight excluding hydrogens is 402 g/mol. The van der Waals surface area contributed by atoms with Crippen molar-refractivity contribution in [3.8, 4) is 17.0 Å². The number of amides is 1. The molecule has 6 rings (SSSR count). The van der Waals surface area contributed by atoms with Gasteiger partial charge in [0.1, 0.15) is 6.10 Å². The molecule has 0 spiro atoms. The van der Waals surface area contributed by atoms with Gasteiger partial charge in [0.15, 0.2) is 0 Å². The summed E-state index contributed by atoms with van der Waals surface area (Å²) in [6, 6.07) is 10.4. The van der Waals surface area contributed by atoms with Crippen molar-refractivity contribution >= 4 is 6.09 Å². The molecule has 3 saturated heterocycles. The Morgan fingerprint density at radius 3 is 2.62 bits per heavy atom. The Labute approximate surface area is 190 Å². The fraction of sp³-hybridized carbons (Fsp3) is 0.538. The van der Waals surface area contributed by atoms with E-state index in [0.29, 0.717) is 18.4 Å². The number of carbonyl (C=O) groups is 1. The minimum atomic E-state index is -0.283. The average molecular weight is 436 g/mol. The number of piperidine rings is 3. The highest BCUT2D eigenvalue weighted by atomic mass is 16.6. The Balaban J connectivity index is 1.30. The van der Waals surface area contributed by atoms with Crippen molar-refractivity contribution in [1.82, 2.24) is 15.2 Å². The van der Waals surface area contributed by atoms with E-state index in [9.17, 15) is 4.79 Å². The van der Waals surface area contributed by atoms with Crippen LogP contribution in [0.3, 0.4) is 0 Å². The molecule has 1 N–H and O–H groups in total. The van der Waals surface area contributed by atoms with Crippen molar-refractivity contribution in [3.05, 3.63) is 47.7 Å². The summed E-state index contributed by atoms with van der Waals surface area (Å²) in [6.45, 7) is 10.1. The number of hydrogen-bond acceptors (Lipinski definition) is 5. The summed E-state index contributed by atoms with van der Waals surface area (Å²) in [5, 5.41) is 3.20. The Morgan fingerprint density at radius 1 is 1.19 bits per heavy atom. The van der Waals surface area contributed by atoms with E-state index in [-0.39, 0.29) is 23.7 Å². The number of carbonyl (C=O) groups excluding carboxylic acids is 1. The lowest BCUT2D eigenvalue weighted by atomic mass is 9.85. The fourth-order valence-corrected chi connectivity index (χ4v) is 5.63. The lowest BCUT2D eigenvalue weighted by Gasteiger charge is -2.44. The van der Waals surface area contributed by atoms with Crippen molar-refractivity contribution in [2.45, 2.75) is 52.2 Å². The first-order chi connectivity index (χ1) is 15.4. The van der Waals surface area contributed by atoms with Gasteiger partial charge in [0.2, 0.25) is 5.88 Å². The third kappa shape index (κ3) is 4.08. The van der Waals surface area contributed by atoms with Crippen LogP contribution in [0, 0.1) is 11.3 Å². The van der Waals surface area contributed by atoms with Crippen LogP contribution in [0.15, 0.2) is 36.5 Å². The number of pyridine rings is 1. The zero-order valence-corrected chi connectivity index (χ0v) is 19.3. The highest BCUT2D eigenvalue weighted by Gasteiger charge is 2.42. The van der Waals surface area contributed by atoms with Crippen molar-refractivity contribution in [2.75, 3.05) is 26.2 Å². The van der Waals surface area contributed by atoms with Gasteiger partial charge in [0.25, 0.3) is 0 Å². The third-order valence-electron chi connectivity index (χ3n) is 7.36. The molecule has 6 heteroatoms. The van der Waals surface area contributed by atoms with E-state index in [1.54, 1.807) is 0 Å². The molecule has 1 amide bonds. The summed E-state index contributed by atoms with van der Waals surface area (Å²) in [6.07, 6.45) is 4.78. The van der Waals surface area contributed by atoms with Crippen LogP contribution in [0.2, 0.25) is 0 Å². The maximum absolute atomic E-state index is 12.8. The van der Waals surface area contributed by atoms with E-state index < -0.39 is 0 Å². The molecule has 1 aromatic carbocycles. The Kier molecular flexibility index (Phi) is 5.58. The molecule has 3 aliphatic heterocycles. The van der Waals surface area contributed by atoms with Crippen molar-refractivity contribution in [2.24, 2.45) is 11.3 Å². The van der Waals surface area contributed by atoms with E-state index in [0.717, 1.165) is 50.0 Å². The van der Waals surface area contributed by atoms with Gasteiger partial charge in [-0.1, -0.05) is 32.0 Å². The summed E-state index contributed by atoms with van der Waals surface area (Å²) in [7, 11) is 0. The number of nitrogens with one attached hydrogen (secondary N) is 1. The second kappa shape index (κ2) is 8.39. The highest BCUT2D eigenvalue weighted by Crippen LogP contribution is 2.46. The maximum Gasteiger partial charge on any atom is 0.407 e. The quantitative estimate of drug-likeness (QED) is 0.744. The van der Waals surface area contributed by atoms with Gasteiger partial charge in [-0.3, -0.25) is 4.90 Å². The molecule has 32 heavy (non-hydrogen) atoms. The lowest BCUT2D eigenvalue weighted by Crippen LogP contribution is -2.53. The zero-order valence-electron chi connectivity index (χ0n) is 19.3. The predicted molar refractivity (Wildman–Crippen MR) is 124 cm³/mol. The molecule has 4 heterocycles. The van der Waals surface area contributed by atoms with Crippen LogP contribution >= 0.6 is 0 Å². The number of ether oxygens (including phenoxy) is 2. The molecule has 1 aliphatic carbocycles. The Morgan fingerprint density at radius 2 is 1.97 bits per heavy atom. The number of aromatic nitrogens is 1. The number of rotatable bonds is 5. The molecule has 1 unspecified atom stereocenters. The van der Waals surface area contributed by atoms with Crippen LogP contribution in [-0.2, 0) is 11.2 Å². The largest absolute Gasteiger partial charge is 0.478 e. The minimum Gasteiger partial charge on any atom is -0.478 e. The molecule has 2 aromatic rings. The number of nitrogens with zero attached hydrogens (tertiary/aromatic N) is 2. The van der Waals surface area contributed by atoms with Gasteiger partial charge in [0, 0.05) is 24.4 Å². The van der Waals surface area contributed by atoms with Crippen molar-refractivity contribution in [1.29, 1.82) is 0 Å². The second-order valence-electron chi connectivity index (χ2n) is 10.1. The van der Waals surface area contributed by atoms with Gasteiger partial charge in [-0.25, -0.2) is 9.78 Å². The molecule has 2 atom stereocenters. The van der Waals surface area contributed by atoms with E-state index in [4.69, 9.17) is 9.47 Å². The van der Waals surface area contributed by atoms with Gasteiger partial charge in [-0.2, -0.15) is 0 Å². The molecule has 2 bridgehead atoms. The third-order valence-corrected chi connectivity index (χ3v) is 7.36. The molecule has 4 aliphatic rings. The van der Waals surface area contributed by atoms with E-state index >= 15 is 0 Å². The normalized spacial score (nSPS) is 27.6. The van der Waals surface area contributed by atoms with Crippen LogP contribution in [0.25, 0.3) is 11.1 Å². The Bertz CT molecular complexity index is 980. The summed E-state index contributed by atoms with van der Waals surface area (Å²) >= 11 is 0. The number of hydrogen-bond donors (Lipinski definition) is 1. The van der Waals surface area contributed by atoms with Crippen LogP contribution in [0.5, 0.6) is 5.88 Å². The van der Waals surface area contributed by atoms with Crippen LogP contribution in [0.4, 0.5) is 4.79 Å². The Hall–Kier alpha value is -2.60. The first kappa shape index (κ1) is 21.3. The highest BCUT2D eigenvalue weighted by molar-refractivity contribution is 5.70. The lowest BCUT2D eigenvalue weighted by molar-refractivity contribution is -0.0348. The molecule has 3 fully saturated rings. The van der Waals surface area contributed by atoms with Gasteiger partial charge in [-0.05, 0) is 73.4 Å².